The minimum Gasteiger partial charge on any atom is -0.383 e. The summed E-state index contributed by atoms with van der Waals surface area (Å²) in [6.45, 7) is 3.25. The van der Waals surface area contributed by atoms with Gasteiger partial charge in [0.05, 0.1) is 21.2 Å². The maximum atomic E-state index is 12.0. The fraction of sp³-hybridized carbons (Fsp3) is 0.308. The van der Waals surface area contributed by atoms with Crippen molar-refractivity contribution in [2.75, 3.05) is 6.54 Å². The Bertz CT molecular complexity index is 662. The van der Waals surface area contributed by atoms with E-state index in [9.17, 15) is 20.0 Å². The lowest BCUT2D eigenvalue weighted by Crippen LogP contribution is -2.37. The molecule has 112 valence electrons. The van der Waals surface area contributed by atoms with Gasteiger partial charge in [-0.25, -0.2) is 0 Å². The molecule has 21 heavy (non-hydrogen) atoms. The van der Waals surface area contributed by atoms with Crippen LogP contribution in [0.1, 0.15) is 26.3 Å². The Hall–Kier alpha value is -1.77. The predicted molar refractivity (Wildman–Crippen MR) is 81.9 cm³/mol. The first-order valence-electron chi connectivity index (χ1n) is 6.10. The second kappa shape index (κ2) is 5.92. The highest BCUT2D eigenvalue weighted by atomic mass is 32.1. The van der Waals surface area contributed by atoms with E-state index in [1.165, 1.54) is 17.4 Å². The van der Waals surface area contributed by atoms with Crippen molar-refractivity contribution in [3.63, 3.8) is 0 Å². The van der Waals surface area contributed by atoms with Crippen LogP contribution in [0.15, 0.2) is 23.6 Å². The van der Waals surface area contributed by atoms with Gasteiger partial charge < -0.3 is 10.4 Å². The lowest BCUT2D eigenvalue weighted by Gasteiger charge is -2.22. The molecule has 1 atom stereocenters. The first-order valence-corrected chi connectivity index (χ1v) is 7.80. The average molecular weight is 326 g/mol. The Kier molecular flexibility index (Phi) is 4.40. The standard InChI is InChI=1S/C13H14N2O4S2/c1-8-9(15(18)19)6-10(21-8)12(16)14-7-13(2,17)11-4-3-5-20-11/h3-6,17H,7H2,1-2H3,(H,14,16). The van der Waals surface area contributed by atoms with Gasteiger partial charge in [-0.1, -0.05) is 6.07 Å². The van der Waals surface area contributed by atoms with E-state index in [-0.39, 0.29) is 17.1 Å². The fourth-order valence-electron chi connectivity index (χ4n) is 1.78. The molecule has 0 radical (unpaired) electrons. The Labute approximate surface area is 129 Å². The average Bonchev–Trinajstić information content (AvgIpc) is 3.05. The number of nitrogens with zero attached hydrogens (tertiary/aromatic N) is 1. The third-order valence-electron chi connectivity index (χ3n) is 2.96. The Morgan fingerprint density at radius 2 is 2.29 bits per heavy atom. The highest BCUT2D eigenvalue weighted by Crippen LogP contribution is 2.28. The van der Waals surface area contributed by atoms with Crippen LogP contribution in [0.25, 0.3) is 0 Å². The van der Waals surface area contributed by atoms with Gasteiger partial charge in [0.15, 0.2) is 0 Å². The van der Waals surface area contributed by atoms with Gasteiger partial charge in [0, 0.05) is 10.9 Å². The summed E-state index contributed by atoms with van der Waals surface area (Å²) in [5, 5.41) is 25.5. The molecule has 0 bridgehead atoms. The predicted octanol–water partition coefficient (Wildman–Crippen LogP) is 2.66. The van der Waals surface area contributed by atoms with E-state index in [4.69, 9.17) is 0 Å². The van der Waals surface area contributed by atoms with Gasteiger partial charge in [0.25, 0.3) is 11.6 Å². The second-order valence-electron chi connectivity index (χ2n) is 4.74. The van der Waals surface area contributed by atoms with Crippen molar-refractivity contribution in [3.05, 3.63) is 48.3 Å². The summed E-state index contributed by atoms with van der Waals surface area (Å²) >= 11 is 2.47. The normalized spacial score (nSPS) is 13.7. The number of aliphatic hydroxyl groups is 1. The molecular formula is C13H14N2O4S2. The van der Waals surface area contributed by atoms with Crippen molar-refractivity contribution < 1.29 is 14.8 Å². The molecule has 2 rings (SSSR count). The van der Waals surface area contributed by atoms with Crippen LogP contribution in [0.2, 0.25) is 0 Å². The van der Waals surface area contributed by atoms with E-state index in [2.05, 4.69) is 5.32 Å². The Balaban J connectivity index is 2.05. The fourth-order valence-corrected chi connectivity index (χ4v) is 3.47. The molecule has 8 heteroatoms. The van der Waals surface area contributed by atoms with Crippen molar-refractivity contribution in [2.45, 2.75) is 19.4 Å². The summed E-state index contributed by atoms with van der Waals surface area (Å²) < 4.78 is 0. The highest BCUT2D eigenvalue weighted by Gasteiger charge is 2.26. The molecule has 0 aliphatic rings. The van der Waals surface area contributed by atoms with Gasteiger partial charge in [-0.15, -0.1) is 22.7 Å². The number of carbonyl (C=O) groups is 1. The molecule has 0 fully saturated rings. The number of amides is 1. The van der Waals surface area contributed by atoms with Crippen LogP contribution in [0.3, 0.4) is 0 Å². The number of hydrogen-bond acceptors (Lipinski definition) is 6. The van der Waals surface area contributed by atoms with Crippen LogP contribution in [0.4, 0.5) is 5.69 Å². The van der Waals surface area contributed by atoms with Crippen LogP contribution in [0.5, 0.6) is 0 Å². The molecule has 1 unspecified atom stereocenters. The van der Waals surface area contributed by atoms with Gasteiger partial charge >= 0.3 is 0 Å². The molecular weight excluding hydrogens is 312 g/mol. The van der Waals surface area contributed by atoms with Crippen molar-refractivity contribution in [1.29, 1.82) is 0 Å². The van der Waals surface area contributed by atoms with Gasteiger partial charge in [-0.3, -0.25) is 14.9 Å². The zero-order chi connectivity index (χ0) is 15.6. The minimum absolute atomic E-state index is 0.0388. The zero-order valence-corrected chi connectivity index (χ0v) is 13.1. The lowest BCUT2D eigenvalue weighted by atomic mass is 10.1. The monoisotopic (exact) mass is 326 g/mol. The number of nitrogens with one attached hydrogen (secondary N) is 1. The van der Waals surface area contributed by atoms with Crippen LogP contribution in [-0.2, 0) is 5.60 Å². The number of carbonyl (C=O) groups excluding carboxylic acids is 1. The van der Waals surface area contributed by atoms with Crippen molar-refractivity contribution >= 4 is 34.3 Å². The van der Waals surface area contributed by atoms with Crippen LogP contribution in [-0.4, -0.2) is 22.5 Å². The second-order valence-corrected chi connectivity index (χ2v) is 6.95. The maximum absolute atomic E-state index is 12.0. The van der Waals surface area contributed by atoms with E-state index >= 15 is 0 Å². The molecule has 1 amide bonds. The Morgan fingerprint density at radius 3 is 2.81 bits per heavy atom. The summed E-state index contributed by atoms with van der Waals surface area (Å²) in [7, 11) is 0. The summed E-state index contributed by atoms with van der Waals surface area (Å²) in [5.41, 5.74) is -1.22. The maximum Gasteiger partial charge on any atom is 0.283 e. The number of rotatable bonds is 5. The molecule has 0 aliphatic heterocycles. The lowest BCUT2D eigenvalue weighted by molar-refractivity contribution is -0.385. The molecule has 0 aliphatic carbocycles. The highest BCUT2D eigenvalue weighted by molar-refractivity contribution is 7.14. The molecule has 0 spiro atoms. The van der Waals surface area contributed by atoms with Gasteiger partial charge in [0.2, 0.25) is 0 Å². The van der Waals surface area contributed by atoms with E-state index in [0.717, 1.165) is 16.2 Å². The first-order chi connectivity index (χ1) is 9.81. The topological polar surface area (TPSA) is 92.5 Å². The van der Waals surface area contributed by atoms with E-state index < -0.39 is 16.4 Å². The van der Waals surface area contributed by atoms with Crippen LogP contribution >= 0.6 is 22.7 Å². The van der Waals surface area contributed by atoms with Gasteiger partial charge in [-0.05, 0) is 25.3 Å². The smallest absolute Gasteiger partial charge is 0.283 e. The van der Waals surface area contributed by atoms with E-state index in [0.29, 0.717) is 4.88 Å². The van der Waals surface area contributed by atoms with Gasteiger partial charge in [0.1, 0.15) is 5.60 Å². The third kappa shape index (κ3) is 3.46. The number of aryl methyl sites for hydroxylation is 1. The third-order valence-corrected chi connectivity index (χ3v) is 5.12. The molecule has 2 aromatic heterocycles. The SMILES string of the molecule is Cc1sc(C(=O)NCC(C)(O)c2cccs2)cc1[N+](=O)[O-]. The molecule has 0 aromatic carbocycles. The molecule has 0 saturated carbocycles. The van der Waals surface area contributed by atoms with Crippen molar-refractivity contribution in [2.24, 2.45) is 0 Å². The van der Waals surface area contributed by atoms with Crippen LogP contribution < -0.4 is 5.32 Å². The van der Waals surface area contributed by atoms with E-state index in [1.54, 1.807) is 19.9 Å². The summed E-state index contributed by atoms with van der Waals surface area (Å²) in [5.74, 6) is -0.423. The summed E-state index contributed by atoms with van der Waals surface area (Å²) in [4.78, 5) is 23.8. The molecule has 2 aromatic rings. The van der Waals surface area contributed by atoms with Crippen molar-refractivity contribution in [1.82, 2.24) is 5.32 Å². The largest absolute Gasteiger partial charge is 0.383 e. The number of thiophene rings is 2. The van der Waals surface area contributed by atoms with Gasteiger partial charge in [-0.2, -0.15) is 0 Å². The summed E-state index contributed by atoms with van der Waals surface area (Å²) in [6, 6.07) is 4.87. The first kappa shape index (κ1) is 15.6. The van der Waals surface area contributed by atoms with Crippen LogP contribution in [0, 0.1) is 17.0 Å². The molecule has 2 N–H and O–H groups in total. The zero-order valence-electron chi connectivity index (χ0n) is 11.5. The Morgan fingerprint density at radius 1 is 1.57 bits per heavy atom. The molecule has 6 nitrogen and oxygen atoms in total. The molecule has 2 heterocycles. The minimum atomic E-state index is -1.16. The number of nitro groups is 1. The number of hydrogen-bond donors (Lipinski definition) is 2. The summed E-state index contributed by atoms with van der Waals surface area (Å²) in [6.07, 6.45) is 0. The molecule has 0 saturated heterocycles. The van der Waals surface area contributed by atoms with E-state index in [1.807, 2.05) is 11.4 Å². The van der Waals surface area contributed by atoms with Crippen molar-refractivity contribution in [3.8, 4) is 0 Å². The quantitative estimate of drug-likeness (QED) is 0.652.